The average molecular weight is 418 g/mol. The van der Waals surface area contributed by atoms with Crippen LogP contribution in [0.2, 0.25) is 0 Å². The minimum absolute atomic E-state index is 0. The Balaban J connectivity index is -0.0000000231. The first-order chi connectivity index (χ1) is 4.88. The van der Waals surface area contributed by atoms with Crippen LogP contribution in [0.5, 0.6) is 0 Å². The van der Waals surface area contributed by atoms with Crippen LogP contribution in [-0.4, -0.2) is 23.0 Å². The summed E-state index contributed by atoms with van der Waals surface area (Å²) in [6, 6.07) is 0.167. The quantitative estimate of drug-likeness (QED) is 0.576. The van der Waals surface area contributed by atoms with Crippen molar-refractivity contribution in [3.05, 3.63) is 11.5 Å². The van der Waals surface area contributed by atoms with E-state index in [1.54, 1.807) is 0 Å². The van der Waals surface area contributed by atoms with E-state index >= 15 is 0 Å². The fraction of sp³-hybridized carbons (Fsp3) is 1.00. The molecular formula is C6H20Cl2N2O2Pt-2. The molecule has 0 unspecified atom stereocenters. The molecule has 0 amide bonds. The van der Waals surface area contributed by atoms with E-state index in [-0.39, 0.29) is 23.0 Å². The van der Waals surface area contributed by atoms with Gasteiger partial charge in [0.05, 0.1) is 0 Å². The van der Waals surface area contributed by atoms with Crippen molar-refractivity contribution >= 4 is 18.8 Å². The van der Waals surface area contributed by atoms with Crippen molar-refractivity contribution in [3.8, 4) is 0 Å². The normalized spacial score (nSPS) is 7.23. The molecule has 0 rings (SSSR count). The summed E-state index contributed by atoms with van der Waals surface area (Å²) in [4.78, 5) is 0. The zero-order chi connectivity index (χ0) is 9.86. The van der Waals surface area contributed by atoms with E-state index in [0.29, 0.717) is 0 Å². The second-order valence-corrected chi connectivity index (χ2v) is 5.64. The maximum absolute atomic E-state index is 6.58. The van der Waals surface area contributed by atoms with E-state index in [4.69, 9.17) is 30.3 Å². The monoisotopic (exact) mass is 417 g/mol. The molecule has 0 aromatic rings. The zero-order valence-electron chi connectivity index (χ0n) is 8.23. The number of halogens is 2. The van der Waals surface area contributed by atoms with Crippen molar-refractivity contribution in [2.75, 3.05) is 0 Å². The van der Waals surface area contributed by atoms with Gasteiger partial charge in [0.1, 0.15) is 0 Å². The molecule has 6 N–H and O–H groups in total. The number of hydrogen-bond donors (Lipinski definition) is 0. The molecule has 0 radical (unpaired) electrons. The number of hydrogen-bond acceptors (Lipinski definition) is 0. The molecule has 0 aliphatic rings. The molecule has 0 aliphatic heterocycles. The molecule has 0 aromatic carbocycles. The number of nitrogens with one attached hydrogen (secondary N) is 2. The Bertz CT molecular complexity index is 50.4. The zero-order valence-corrected chi connectivity index (χ0v) is 12.0. The predicted octanol–water partition coefficient (Wildman–Crippen LogP) is 2.62. The molecule has 0 bridgehead atoms. The molecule has 0 saturated heterocycles. The van der Waals surface area contributed by atoms with Crippen molar-refractivity contribution in [2.45, 2.75) is 39.8 Å². The van der Waals surface area contributed by atoms with Crippen molar-refractivity contribution in [2.24, 2.45) is 0 Å². The molecule has 0 aliphatic carbocycles. The Morgan fingerprint density at radius 1 is 0.846 bits per heavy atom. The van der Waals surface area contributed by atoms with Crippen molar-refractivity contribution in [3.63, 3.8) is 0 Å². The van der Waals surface area contributed by atoms with E-state index in [2.05, 4.69) is 0 Å². The van der Waals surface area contributed by atoms with Crippen molar-refractivity contribution < 1.29 is 27.4 Å². The van der Waals surface area contributed by atoms with Crippen LogP contribution in [0.3, 0.4) is 0 Å². The summed E-state index contributed by atoms with van der Waals surface area (Å²) < 4.78 is 0. The summed E-state index contributed by atoms with van der Waals surface area (Å²) in [5.41, 5.74) is 13.2. The van der Waals surface area contributed by atoms with Gasteiger partial charge < -0.3 is 22.4 Å². The fourth-order valence-electron chi connectivity index (χ4n) is 0. The van der Waals surface area contributed by atoms with E-state index in [1.807, 2.05) is 27.7 Å². The Morgan fingerprint density at radius 3 is 0.846 bits per heavy atom. The molecule has 0 aromatic heterocycles. The second-order valence-electron chi connectivity index (χ2n) is 2.35. The first-order valence-corrected chi connectivity index (χ1v) is 8.76. The van der Waals surface area contributed by atoms with Gasteiger partial charge in [-0.1, -0.05) is 27.7 Å². The van der Waals surface area contributed by atoms with Crippen LogP contribution in [0.25, 0.3) is 11.5 Å². The third-order valence-electron chi connectivity index (χ3n) is 0. The van der Waals surface area contributed by atoms with Gasteiger partial charge in [-0.2, -0.15) is 0 Å². The molecule has 4 nitrogen and oxygen atoms in total. The van der Waals surface area contributed by atoms with Crippen LogP contribution < -0.4 is 0 Å². The Hall–Kier alpha value is 1.11. The van der Waals surface area contributed by atoms with Crippen LogP contribution in [0, 0.1) is 0 Å². The predicted molar refractivity (Wildman–Crippen MR) is 57.8 cm³/mol. The second kappa shape index (κ2) is 29.2. The summed E-state index contributed by atoms with van der Waals surface area (Å²) in [7, 11) is 9.75. The van der Waals surface area contributed by atoms with Gasteiger partial charge in [-0.05, 0) is 0 Å². The van der Waals surface area contributed by atoms with E-state index in [1.165, 1.54) is 0 Å². The molecule has 13 heavy (non-hydrogen) atoms. The standard InChI is InChI=1S/2C3H8N.2ClH.2H2O.Pt/c2*1-3(2)4;;;;;/h2*3-4H,1-2H3;2*1H;2*1H2;/q2*-1;;;;;+2/p-2. The van der Waals surface area contributed by atoms with Crippen molar-refractivity contribution in [1.29, 1.82) is 0 Å². The molecule has 0 heterocycles. The van der Waals surface area contributed by atoms with Gasteiger partial charge in [0, 0.05) is 0 Å². The van der Waals surface area contributed by atoms with Gasteiger partial charge >= 0.3 is 35.3 Å². The van der Waals surface area contributed by atoms with Crippen LogP contribution in [-0.2, 0) is 16.5 Å². The van der Waals surface area contributed by atoms with E-state index < -0.39 is 16.5 Å². The van der Waals surface area contributed by atoms with Gasteiger partial charge in [0.2, 0.25) is 0 Å². The fourth-order valence-corrected chi connectivity index (χ4v) is 0. The molecule has 7 heteroatoms. The van der Waals surface area contributed by atoms with Crippen molar-refractivity contribution in [1.82, 2.24) is 0 Å². The van der Waals surface area contributed by atoms with Gasteiger partial charge in [0.25, 0.3) is 0 Å². The van der Waals surface area contributed by atoms with Crippen LogP contribution >= 0.6 is 18.8 Å². The minimum atomic E-state index is -0.472. The average Bonchev–Trinajstić information content (AvgIpc) is 1.60. The third-order valence-corrected chi connectivity index (χ3v) is 0. The van der Waals surface area contributed by atoms with Gasteiger partial charge in [-0.15, -0.1) is 12.1 Å². The third kappa shape index (κ3) is 1320. The number of rotatable bonds is 0. The summed E-state index contributed by atoms with van der Waals surface area (Å²) in [6.45, 7) is 7.33. The first-order valence-electron chi connectivity index (χ1n) is 3.13. The van der Waals surface area contributed by atoms with Crippen LogP contribution in [0.15, 0.2) is 0 Å². The summed E-state index contributed by atoms with van der Waals surface area (Å²) in [5, 5.41) is 0. The SMILES string of the molecule is CC(C)[NH-].CC(C)[NH-].O.O.[Cl][Pt][Cl]. The molecule has 0 fully saturated rings. The molecular weight excluding hydrogens is 398 g/mol. The topological polar surface area (TPSA) is 111 Å². The summed E-state index contributed by atoms with van der Waals surface area (Å²) >= 11 is -0.472. The first kappa shape index (κ1) is 29.2. The van der Waals surface area contributed by atoms with Gasteiger partial charge in [-0.3, -0.25) is 0 Å². The van der Waals surface area contributed by atoms with Crippen LogP contribution in [0.4, 0.5) is 0 Å². The summed E-state index contributed by atoms with van der Waals surface area (Å²) in [6.07, 6.45) is 0. The Kier molecular flexibility index (Phi) is 65.7. The Labute approximate surface area is 97.3 Å². The Morgan fingerprint density at radius 2 is 0.846 bits per heavy atom. The maximum atomic E-state index is 6.58. The van der Waals surface area contributed by atoms with Gasteiger partial charge in [0.15, 0.2) is 0 Å². The molecule has 0 saturated carbocycles. The van der Waals surface area contributed by atoms with Gasteiger partial charge in [-0.25, -0.2) is 0 Å². The van der Waals surface area contributed by atoms with Crippen LogP contribution in [0.1, 0.15) is 27.7 Å². The molecule has 0 atom stereocenters. The van der Waals surface area contributed by atoms with E-state index in [9.17, 15) is 0 Å². The summed E-state index contributed by atoms with van der Waals surface area (Å²) in [5.74, 6) is 0. The van der Waals surface area contributed by atoms with E-state index in [0.717, 1.165) is 0 Å². The molecule has 92 valence electrons. The molecule has 0 spiro atoms.